The van der Waals surface area contributed by atoms with Gasteiger partial charge in [0.2, 0.25) is 5.91 Å². The van der Waals surface area contributed by atoms with E-state index in [-0.39, 0.29) is 18.0 Å². The smallest absolute Gasteiger partial charge is 0.238 e. The number of methoxy groups -OCH3 is 1. The van der Waals surface area contributed by atoms with Gasteiger partial charge >= 0.3 is 0 Å². The average Bonchev–Trinajstić information content (AvgIpc) is 2.69. The Morgan fingerprint density at radius 1 is 1.79 bits per heavy atom. The summed E-state index contributed by atoms with van der Waals surface area (Å²) in [6.45, 7) is 2.63. The van der Waals surface area contributed by atoms with Crippen molar-refractivity contribution in [1.29, 1.82) is 0 Å². The van der Waals surface area contributed by atoms with Crippen LogP contribution in [0.25, 0.3) is 0 Å². The molecule has 2 N–H and O–H groups in total. The van der Waals surface area contributed by atoms with Crippen molar-refractivity contribution >= 4 is 17.7 Å². The van der Waals surface area contributed by atoms with Gasteiger partial charge in [0.15, 0.2) is 0 Å². The summed E-state index contributed by atoms with van der Waals surface area (Å²) in [5.74, 6) is 1.84. The first-order valence-electron chi connectivity index (χ1n) is 4.88. The van der Waals surface area contributed by atoms with Crippen molar-refractivity contribution in [2.75, 3.05) is 25.3 Å². The molecule has 5 heteroatoms. The quantitative estimate of drug-likeness (QED) is 0.691. The summed E-state index contributed by atoms with van der Waals surface area (Å²) >= 11 is 1.76. The first-order valence-corrected chi connectivity index (χ1v) is 6.03. The number of carbonyl (C=O) groups is 1. The second-order valence-electron chi connectivity index (χ2n) is 3.34. The van der Waals surface area contributed by atoms with E-state index >= 15 is 0 Å². The van der Waals surface area contributed by atoms with Gasteiger partial charge < -0.3 is 10.1 Å². The molecule has 1 aliphatic rings. The van der Waals surface area contributed by atoms with E-state index in [0.29, 0.717) is 6.61 Å². The van der Waals surface area contributed by atoms with Gasteiger partial charge in [0.05, 0.1) is 18.7 Å². The second kappa shape index (κ2) is 6.27. The van der Waals surface area contributed by atoms with Crippen molar-refractivity contribution in [3.8, 4) is 0 Å². The zero-order valence-corrected chi connectivity index (χ0v) is 9.52. The number of hydrogen-bond acceptors (Lipinski definition) is 4. The molecule has 1 heterocycles. The van der Waals surface area contributed by atoms with Crippen LogP contribution in [-0.2, 0) is 9.53 Å². The van der Waals surface area contributed by atoms with Crippen LogP contribution in [0.3, 0.4) is 0 Å². The fourth-order valence-electron chi connectivity index (χ4n) is 1.33. The van der Waals surface area contributed by atoms with Crippen molar-refractivity contribution < 1.29 is 9.53 Å². The minimum absolute atomic E-state index is 0.0223. The Morgan fingerprint density at radius 3 is 3.07 bits per heavy atom. The Hall–Kier alpha value is -0.260. The topological polar surface area (TPSA) is 50.4 Å². The molecule has 0 bridgehead atoms. The minimum atomic E-state index is -0.0223. The summed E-state index contributed by atoms with van der Waals surface area (Å²) in [4.78, 5) is 11.6. The maximum Gasteiger partial charge on any atom is 0.238 e. The van der Waals surface area contributed by atoms with Crippen LogP contribution in [0.4, 0.5) is 0 Å². The van der Waals surface area contributed by atoms with Crippen LogP contribution in [0.2, 0.25) is 0 Å². The molecule has 1 fully saturated rings. The Bertz CT molecular complexity index is 184. The van der Waals surface area contributed by atoms with Gasteiger partial charge in [0.25, 0.3) is 0 Å². The molecule has 0 spiro atoms. The van der Waals surface area contributed by atoms with E-state index in [1.807, 2.05) is 6.92 Å². The molecule has 0 radical (unpaired) electrons. The number of thioether (sulfide) groups is 1. The fourth-order valence-corrected chi connectivity index (χ4v) is 2.27. The lowest BCUT2D eigenvalue weighted by molar-refractivity contribution is -0.123. The highest BCUT2D eigenvalue weighted by Crippen LogP contribution is 2.09. The Balaban J connectivity index is 2.29. The maximum atomic E-state index is 11.6. The number of ether oxygens (including phenoxy) is 1. The van der Waals surface area contributed by atoms with E-state index in [1.165, 1.54) is 0 Å². The summed E-state index contributed by atoms with van der Waals surface area (Å²) in [5, 5.41) is 6.11. The molecule has 4 nitrogen and oxygen atoms in total. The van der Waals surface area contributed by atoms with Crippen LogP contribution in [0, 0.1) is 0 Å². The predicted molar refractivity (Wildman–Crippen MR) is 58.3 cm³/mol. The van der Waals surface area contributed by atoms with Crippen molar-refractivity contribution in [2.45, 2.75) is 25.4 Å². The predicted octanol–water partition coefficient (Wildman–Crippen LogP) is 0.190. The van der Waals surface area contributed by atoms with Crippen molar-refractivity contribution in [3.63, 3.8) is 0 Å². The van der Waals surface area contributed by atoms with Gasteiger partial charge in [-0.2, -0.15) is 0 Å². The molecule has 2 unspecified atom stereocenters. The van der Waals surface area contributed by atoms with E-state index in [4.69, 9.17) is 4.74 Å². The average molecular weight is 218 g/mol. The number of hydrogen-bond donors (Lipinski definition) is 2. The minimum Gasteiger partial charge on any atom is -0.383 e. The van der Waals surface area contributed by atoms with Crippen LogP contribution >= 0.6 is 11.8 Å². The van der Waals surface area contributed by atoms with Gasteiger partial charge in [-0.25, -0.2) is 0 Å². The second-order valence-corrected chi connectivity index (χ2v) is 4.37. The largest absolute Gasteiger partial charge is 0.383 e. The van der Waals surface area contributed by atoms with Crippen LogP contribution < -0.4 is 10.6 Å². The molecule has 82 valence electrons. The highest BCUT2D eigenvalue weighted by atomic mass is 32.2. The Morgan fingerprint density at radius 2 is 2.57 bits per heavy atom. The van der Waals surface area contributed by atoms with E-state index < -0.39 is 0 Å². The van der Waals surface area contributed by atoms with Crippen LogP contribution in [0.15, 0.2) is 0 Å². The van der Waals surface area contributed by atoms with Gasteiger partial charge in [-0.05, 0) is 6.42 Å². The zero-order chi connectivity index (χ0) is 10.4. The van der Waals surface area contributed by atoms with Crippen LogP contribution in [-0.4, -0.2) is 43.3 Å². The van der Waals surface area contributed by atoms with Gasteiger partial charge in [-0.15, -0.1) is 11.8 Å². The molecule has 0 aromatic carbocycles. The third kappa shape index (κ3) is 3.48. The van der Waals surface area contributed by atoms with Gasteiger partial charge in [0, 0.05) is 18.7 Å². The molecule has 1 rings (SSSR count). The zero-order valence-electron chi connectivity index (χ0n) is 8.71. The lowest BCUT2D eigenvalue weighted by atomic mass is 10.2. The summed E-state index contributed by atoms with van der Waals surface area (Å²) in [5.41, 5.74) is 0. The van der Waals surface area contributed by atoms with Gasteiger partial charge in [-0.1, -0.05) is 6.92 Å². The van der Waals surface area contributed by atoms with E-state index in [0.717, 1.165) is 18.1 Å². The molecule has 2 atom stereocenters. The lowest BCUT2D eigenvalue weighted by Gasteiger charge is -2.18. The number of amides is 1. The summed E-state index contributed by atoms with van der Waals surface area (Å²) in [6, 6.07) is 0.116. The maximum absolute atomic E-state index is 11.6. The van der Waals surface area contributed by atoms with Crippen molar-refractivity contribution in [2.24, 2.45) is 0 Å². The molecular formula is C9H18N2O2S. The van der Waals surface area contributed by atoms with Gasteiger partial charge in [-0.3, -0.25) is 10.1 Å². The van der Waals surface area contributed by atoms with Crippen LogP contribution in [0.5, 0.6) is 0 Å². The molecule has 0 saturated carbocycles. The van der Waals surface area contributed by atoms with Crippen molar-refractivity contribution in [3.05, 3.63) is 0 Å². The van der Waals surface area contributed by atoms with E-state index in [2.05, 4.69) is 10.6 Å². The van der Waals surface area contributed by atoms with E-state index in [1.54, 1.807) is 18.9 Å². The molecule has 1 saturated heterocycles. The monoisotopic (exact) mass is 218 g/mol. The molecule has 0 aromatic rings. The number of carbonyl (C=O) groups excluding carboxylic acids is 1. The standard InChI is InChI=1S/C9H18N2O2S/c1-3-7(4-13-2)11-9(12)8-5-14-6-10-8/h7-8,10H,3-6H2,1-2H3,(H,11,12). The normalized spacial score (nSPS) is 23.4. The highest BCUT2D eigenvalue weighted by Gasteiger charge is 2.23. The number of rotatable bonds is 5. The third-order valence-corrected chi connectivity index (χ3v) is 3.18. The molecule has 1 amide bonds. The van der Waals surface area contributed by atoms with Gasteiger partial charge in [0.1, 0.15) is 0 Å². The lowest BCUT2D eigenvalue weighted by Crippen LogP contribution is -2.47. The Labute approximate surface area is 89.2 Å². The van der Waals surface area contributed by atoms with E-state index in [9.17, 15) is 4.79 Å². The molecule has 14 heavy (non-hydrogen) atoms. The SMILES string of the molecule is CCC(COC)NC(=O)C1CSCN1. The third-order valence-electron chi connectivity index (χ3n) is 2.24. The summed E-state index contributed by atoms with van der Waals surface area (Å²) in [6.07, 6.45) is 0.902. The Kier molecular flexibility index (Phi) is 5.29. The summed E-state index contributed by atoms with van der Waals surface area (Å²) in [7, 11) is 1.65. The summed E-state index contributed by atoms with van der Waals surface area (Å²) < 4.78 is 5.02. The molecule has 1 aliphatic heterocycles. The first-order chi connectivity index (χ1) is 6.77. The van der Waals surface area contributed by atoms with Crippen LogP contribution in [0.1, 0.15) is 13.3 Å². The molecule has 0 aliphatic carbocycles. The fraction of sp³-hybridized carbons (Fsp3) is 0.889. The van der Waals surface area contributed by atoms with Crippen molar-refractivity contribution in [1.82, 2.24) is 10.6 Å². The first kappa shape index (κ1) is 11.8. The highest BCUT2D eigenvalue weighted by molar-refractivity contribution is 7.99. The molecular weight excluding hydrogens is 200 g/mol. The molecule has 0 aromatic heterocycles. The number of nitrogens with one attached hydrogen (secondary N) is 2.